The molecule has 7 nitrogen and oxygen atoms in total. The zero-order chi connectivity index (χ0) is 26.7. The summed E-state index contributed by atoms with van der Waals surface area (Å²) >= 11 is 0. The van der Waals surface area contributed by atoms with E-state index in [1.54, 1.807) is 29.8 Å². The highest BCUT2D eigenvalue weighted by atomic mass is 32.2. The van der Waals surface area contributed by atoms with E-state index in [1.807, 2.05) is 6.92 Å². The lowest BCUT2D eigenvalue weighted by molar-refractivity contribution is -0.134. The highest BCUT2D eigenvalue weighted by Gasteiger charge is 2.29. The predicted molar refractivity (Wildman–Crippen MR) is 132 cm³/mol. The van der Waals surface area contributed by atoms with Crippen molar-refractivity contribution in [2.75, 3.05) is 19.9 Å². The molecule has 0 radical (unpaired) electrons. The van der Waals surface area contributed by atoms with Gasteiger partial charge >= 0.3 is 6.18 Å². The Morgan fingerprint density at radius 3 is 2.44 bits per heavy atom. The first-order valence-corrected chi connectivity index (χ1v) is 14.1. The molecule has 1 aliphatic carbocycles. The molecule has 11 heteroatoms. The van der Waals surface area contributed by atoms with Crippen LogP contribution in [0.3, 0.4) is 0 Å². The van der Waals surface area contributed by atoms with Gasteiger partial charge in [0, 0.05) is 36.9 Å². The van der Waals surface area contributed by atoms with Crippen molar-refractivity contribution >= 4 is 15.7 Å². The molecule has 0 atom stereocenters. The van der Waals surface area contributed by atoms with E-state index in [2.05, 4.69) is 10.4 Å². The van der Waals surface area contributed by atoms with Crippen LogP contribution in [0.5, 0.6) is 5.75 Å². The first kappa shape index (κ1) is 28.0. The molecular weight excluding hydrogens is 495 g/mol. The number of rotatable bonds is 9. The molecule has 1 N–H and O–H groups in total. The number of halogens is 3. The molecular formula is C25H34F3N3O4S. The molecule has 1 saturated carbocycles. The number of amides is 1. The highest BCUT2D eigenvalue weighted by Crippen LogP contribution is 2.35. The molecule has 36 heavy (non-hydrogen) atoms. The fourth-order valence-corrected chi connectivity index (χ4v) is 5.92. The van der Waals surface area contributed by atoms with E-state index in [0.717, 1.165) is 12.8 Å². The summed E-state index contributed by atoms with van der Waals surface area (Å²) in [6, 6.07) is 4.95. The topological polar surface area (TPSA) is 90.3 Å². The normalized spacial score (nSPS) is 18.8. The standard InChI is InChI=1S/C25H34F3N3O4S/c1-5-31-23(20-11-8-17(14-21(20)35-3)12-13-25(26,27)28)16(2)22(30-31)24(32)29-15-18-6-9-19(10-7-18)36(4,33)34/h8,11,14,18-19H,5-7,9-10,12-13,15H2,1-4H3,(H,29,32)/t18-,19-. The van der Waals surface area contributed by atoms with Gasteiger partial charge in [0.25, 0.3) is 5.91 Å². The molecule has 1 aromatic carbocycles. The second kappa shape index (κ2) is 11.2. The maximum absolute atomic E-state index is 13.0. The Kier molecular flexibility index (Phi) is 8.74. The van der Waals surface area contributed by atoms with Crippen molar-refractivity contribution < 1.29 is 31.1 Å². The van der Waals surface area contributed by atoms with E-state index in [-0.39, 0.29) is 29.2 Å². The van der Waals surface area contributed by atoms with Crippen molar-refractivity contribution in [1.82, 2.24) is 15.1 Å². The van der Waals surface area contributed by atoms with Crippen LogP contribution >= 0.6 is 0 Å². The zero-order valence-corrected chi connectivity index (χ0v) is 21.9. The summed E-state index contributed by atoms with van der Waals surface area (Å²) in [6.45, 7) is 4.61. The Morgan fingerprint density at radius 1 is 1.22 bits per heavy atom. The smallest absolute Gasteiger partial charge is 0.389 e. The van der Waals surface area contributed by atoms with Crippen LogP contribution in [0.1, 0.15) is 60.6 Å². The molecule has 0 unspecified atom stereocenters. The molecule has 1 fully saturated rings. The van der Waals surface area contributed by atoms with Crippen molar-refractivity contribution in [3.63, 3.8) is 0 Å². The van der Waals surface area contributed by atoms with E-state index in [0.29, 0.717) is 54.1 Å². The number of hydrogen-bond acceptors (Lipinski definition) is 5. The number of alkyl halides is 3. The summed E-state index contributed by atoms with van der Waals surface area (Å²) in [7, 11) is -1.58. The van der Waals surface area contributed by atoms with Gasteiger partial charge in [0.2, 0.25) is 0 Å². The number of ether oxygens (including phenoxy) is 1. The third-order valence-electron chi connectivity index (χ3n) is 6.87. The molecule has 0 bridgehead atoms. The van der Waals surface area contributed by atoms with E-state index < -0.39 is 22.4 Å². The minimum Gasteiger partial charge on any atom is -0.496 e. The quantitative estimate of drug-likeness (QED) is 0.508. The molecule has 0 spiro atoms. The van der Waals surface area contributed by atoms with E-state index in [1.165, 1.54) is 13.4 Å². The third-order valence-corrected chi connectivity index (χ3v) is 8.56. The van der Waals surface area contributed by atoms with Gasteiger partial charge in [-0.3, -0.25) is 9.48 Å². The lowest BCUT2D eigenvalue weighted by atomic mass is 9.89. The second-order valence-corrected chi connectivity index (χ2v) is 11.8. The number of carbonyl (C=O) groups is 1. The minimum atomic E-state index is -4.24. The largest absolute Gasteiger partial charge is 0.496 e. The Labute approximate surface area is 210 Å². The molecule has 0 saturated heterocycles. The van der Waals surface area contributed by atoms with Gasteiger partial charge < -0.3 is 10.1 Å². The second-order valence-electron chi connectivity index (χ2n) is 9.47. The van der Waals surface area contributed by atoms with Crippen molar-refractivity contribution in [3.05, 3.63) is 35.0 Å². The SMILES string of the molecule is CCn1nc(C(=O)NC[C@H]2CC[C@H](S(C)(=O)=O)CC2)c(C)c1-c1ccc(CCC(F)(F)F)cc1OC. The number of benzene rings is 1. The number of hydrogen-bond donors (Lipinski definition) is 1. The molecule has 1 amide bonds. The number of aromatic nitrogens is 2. The summed E-state index contributed by atoms with van der Waals surface area (Å²) in [6.07, 6.45) is -1.34. The average molecular weight is 530 g/mol. The van der Waals surface area contributed by atoms with Crippen molar-refractivity contribution in [2.45, 2.75) is 70.3 Å². The Hall–Kier alpha value is -2.56. The van der Waals surface area contributed by atoms with Gasteiger partial charge in [-0.1, -0.05) is 6.07 Å². The Morgan fingerprint density at radius 2 is 1.89 bits per heavy atom. The maximum atomic E-state index is 13.0. The van der Waals surface area contributed by atoms with Crippen LogP contribution in [0.25, 0.3) is 11.3 Å². The van der Waals surface area contributed by atoms with Crippen LogP contribution in [-0.2, 0) is 22.8 Å². The lowest BCUT2D eigenvalue weighted by Crippen LogP contribution is -2.34. The Bertz CT molecular complexity index is 1180. The number of aryl methyl sites for hydroxylation is 2. The number of nitrogens with one attached hydrogen (secondary N) is 1. The molecule has 2 aromatic rings. The Balaban J connectivity index is 1.76. The number of sulfone groups is 1. The molecule has 3 rings (SSSR count). The maximum Gasteiger partial charge on any atom is 0.389 e. The van der Waals surface area contributed by atoms with E-state index in [9.17, 15) is 26.4 Å². The van der Waals surface area contributed by atoms with Gasteiger partial charge in [-0.05, 0) is 69.6 Å². The average Bonchev–Trinajstić information content (AvgIpc) is 3.16. The first-order chi connectivity index (χ1) is 16.8. The summed E-state index contributed by atoms with van der Waals surface area (Å²) in [5.41, 5.74) is 2.77. The monoisotopic (exact) mass is 529 g/mol. The third kappa shape index (κ3) is 6.80. The van der Waals surface area contributed by atoms with Crippen LogP contribution in [-0.4, -0.2) is 55.4 Å². The minimum absolute atomic E-state index is 0.147. The van der Waals surface area contributed by atoms with Gasteiger partial charge in [0.05, 0.1) is 18.1 Å². The van der Waals surface area contributed by atoms with Crippen LogP contribution in [0, 0.1) is 12.8 Å². The fourth-order valence-electron chi connectivity index (χ4n) is 4.79. The lowest BCUT2D eigenvalue weighted by Gasteiger charge is -2.27. The summed E-state index contributed by atoms with van der Waals surface area (Å²) in [4.78, 5) is 13.0. The highest BCUT2D eigenvalue weighted by molar-refractivity contribution is 7.91. The van der Waals surface area contributed by atoms with Gasteiger partial charge in [-0.25, -0.2) is 8.42 Å². The van der Waals surface area contributed by atoms with Crippen LogP contribution in [0.4, 0.5) is 13.2 Å². The summed E-state index contributed by atoms with van der Waals surface area (Å²) in [5.74, 6) is 0.318. The van der Waals surface area contributed by atoms with Crippen LogP contribution in [0.2, 0.25) is 0 Å². The number of carbonyl (C=O) groups excluding carboxylic acids is 1. The van der Waals surface area contributed by atoms with Crippen LogP contribution < -0.4 is 10.1 Å². The van der Waals surface area contributed by atoms with Crippen molar-refractivity contribution in [1.29, 1.82) is 0 Å². The number of nitrogens with zero attached hydrogens (tertiary/aromatic N) is 2. The molecule has 0 aliphatic heterocycles. The van der Waals surface area contributed by atoms with E-state index in [4.69, 9.17) is 4.74 Å². The zero-order valence-electron chi connectivity index (χ0n) is 21.1. The molecule has 1 aliphatic rings. The number of methoxy groups -OCH3 is 1. The molecule has 1 aromatic heterocycles. The molecule has 1 heterocycles. The predicted octanol–water partition coefficient (Wildman–Crippen LogP) is 4.72. The van der Waals surface area contributed by atoms with Crippen molar-refractivity contribution in [3.8, 4) is 17.0 Å². The first-order valence-electron chi connectivity index (χ1n) is 12.1. The van der Waals surface area contributed by atoms with Gasteiger partial charge in [0.15, 0.2) is 5.69 Å². The summed E-state index contributed by atoms with van der Waals surface area (Å²) < 4.78 is 68.6. The van der Waals surface area contributed by atoms with Gasteiger partial charge in [-0.2, -0.15) is 18.3 Å². The van der Waals surface area contributed by atoms with Gasteiger partial charge in [-0.15, -0.1) is 0 Å². The van der Waals surface area contributed by atoms with Gasteiger partial charge in [0.1, 0.15) is 15.6 Å². The summed E-state index contributed by atoms with van der Waals surface area (Å²) in [5, 5.41) is 7.14. The fraction of sp³-hybridized carbons (Fsp3) is 0.600. The molecule has 200 valence electrons. The van der Waals surface area contributed by atoms with E-state index >= 15 is 0 Å². The van der Waals surface area contributed by atoms with Crippen molar-refractivity contribution in [2.24, 2.45) is 5.92 Å². The van der Waals surface area contributed by atoms with Crippen LogP contribution in [0.15, 0.2) is 18.2 Å².